The van der Waals surface area contributed by atoms with Crippen LogP contribution in [-0.2, 0) is 0 Å². The number of nitrogens with zero attached hydrogens (tertiary/aromatic N) is 2. The molecule has 0 atom stereocenters. The first kappa shape index (κ1) is 19.9. The van der Waals surface area contributed by atoms with Gasteiger partial charge in [0, 0.05) is 49.8 Å². The Morgan fingerprint density at radius 1 is 1.07 bits per heavy atom. The van der Waals surface area contributed by atoms with Gasteiger partial charge in [-0.2, -0.15) is 0 Å². The number of anilines is 2. The molecule has 1 amide bonds. The highest BCUT2D eigenvalue weighted by Gasteiger charge is 2.17. The van der Waals surface area contributed by atoms with E-state index < -0.39 is 0 Å². The first-order valence-electron chi connectivity index (χ1n) is 10.1. The normalized spacial score (nSPS) is 13.7. The van der Waals surface area contributed by atoms with Crippen LogP contribution in [0, 0.1) is 6.92 Å². The van der Waals surface area contributed by atoms with Gasteiger partial charge in [0.25, 0.3) is 5.91 Å². The number of aryl methyl sites for hydroxylation is 1. The lowest BCUT2D eigenvalue weighted by molar-refractivity contribution is 0.102. The SMILES string of the molecule is COc1ccc(NC(=O)c2ccc(-c3ccncc3)c(C)c2)cc1N1CCNCC1. The third kappa shape index (κ3) is 4.28. The average Bonchev–Trinajstić information content (AvgIpc) is 2.80. The predicted molar refractivity (Wildman–Crippen MR) is 120 cm³/mol. The van der Waals surface area contributed by atoms with Gasteiger partial charge in [-0.15, -0.1) is 0 Å². The van der Waals surface area contributed by atoms with Gasteiger partial charge in [0.05, 0.1) is 12.8 Å². The number of methoxy groups -OCH3 is 1. The highest BCUT2D eigenvalue weighted by Crippen LogP contribution is 2.32. The van der Waals surface area contributed by atoms with Gasteiger partial charge in [0.2, 0.25) is 0 Å². The van der Waals surface area contributed by atoms with Crippen molar-refractivity contribution < 1.29 is 9.53 Å². The summed E-state index contributed by atoms with van der Waals surface area (Å²) in [6, 6.07) is 15.5. The smallest absolute Gasteiger partial charge is 0.255 e. The standard InChI is InChI=1S/C24H26N4O2/c1-17-15-19(3-5-21(17)18-7-9-25-10-8-18)24(29)27-20-4-6-23(30-2)22(16-20)28-13-11-26-12-14-28/h3-10,15-16,26H,11-14H2,1-2H3,(H,27,29). The molecule has 30 heavy (non-hydrogen) atoms. The summed E-state index contributed by atoms with van der Waals surface area (Å²) >= 11 is 0. The Morgan fingerprint density at radius 2 is 1.83 bits per heavy atom. The van der Waals surface area contributed by atoms with Crippen molar-refractivity contribution in [1.29, 1.82) is 0 Å². The molecule has 0 spiro atoms. The average molecular weight is 402 g/mol. The maximum Gasteiger partial charge on any atom is 0.255 e. The summed E-state index contributed by atoms with van der Waals surface area (Å²) in [5, 5.41) is 6.38. The van der Waals surface area contributed by atoms with E-state index in [1.165, 1.54) is 0 Å². The molecule has 1 aliphatic heterocycles. The van der Waals surface area contributed by atoms with Gasteiger partial charge < -0.3 is 20.3 Å². The Labute approximate surface area is 176 Å². The van der Waals surface area contributed by atoms with Crippen molar-refractivity contribution in [2.45, 2.75) is 6.92 Å². The molecule has 1 aromatic heterocycles. The molecule has 0 radical (unpaired) electrons. The molecule has 4 rings (SSSR count). The fourth-order valence-electron chi connectivity index (χ4n) is 3.78. The van der Waals surface area contributed by atoms with Crippen molar-refractivity contribution in [3.05, 3.63) is 72.1 Å². The van der Waals surface area contributed by atoms with Gasteiger partial charge in [-0.3, -0.25) is 9.78 Å². The zero-order valence-electron chi connectivity index (χ0n) is 17.3. The summed E-state index contributed by atoms with van der Waals surface area (Å²) in [5.74, 6) is 0.684. The van der Waals surface area contributed by atoms with E-state index in [0.29, 0.717) is 5.56 Å². The van der Waals surface area contributed by atoms with E-state index in [1.54, 1.807) is 19.5 Å². The van der Waals surface area contributed by atoms with Gasteiger partial charge in [-0.1, -0.05) is 6.07 Å². The van der Waals surface area contributed by atoms with Gasteiger partial charge >= 0.3 is 0 Å². The molecule has 2 N–H and O–H groups in total. The first-order valence-corrected chi connectivity index (χ1v) is 10.1. The number of piperazine rings is 1. The molecule has 6 nitrogen and oxygen atoms in total. The van der Waals surface area contributed by atoms with E-state index in [2.05, 4.69) is 20.5 Å². The van der Waals surface area contributed by atoms with E-state index in [0.717, 1.165) is 60.0 Å². The van der Waals surface area contributed by atoms with E-state index in [4.69, 9.17) is 4.74 Å². The zero-order chi connectivity index (χ0) is 20.9. The molecule has 1 aliphatic rings. The number of aromatic nitrogens is 1. The Hall–Kier alpha value is -3.38. The number of benzene rings is 2. The number of nitrogens with one attached hydrogen (secondary N) is 2. The molecule has 3 aromatic rings. The lowest BCUT2D eigenvalue weighted by Gasteiger charge is -2.30. The van der Waals surface area contributed by atoms with E-state index >= 15 is 0 Å². The summed E-state index contributed by atoms with van der Waals surface area (Å²) < 4.78 is 5.53. The molecular formula is C24H26N4O2. The minimum Gasteiger partial charge on any atom is -0.495 e. The third-order valence-corrected chi connectivity index (χ3v) is 5.37. The van der Waals surface area contributed by atoms with Crippen LogP contribution in [0.15, 0.2) is 60.9 Å². The van der Waals surface area contributed by atoms with Crippen LogP contribution in [-0.4, -0.2) is 44.2 Å². The van der Waals surface area contributed by atoms with Crippen LogP contribution in [0.4, 0.5) is 11.4 Å². The molecule has 0 aliphatic carbocycles. The topological polar surface area (TPSA) is 66.5 Å². The van der Waals surface area contributed by atoms with E-state index in [9.17, 15) is 4.79 Å². The van der Waals surface area contributed by atoms with E-state index in [-0.39, 0.29) is 5.91 Å². The summed E-state index contributed by atoms with van der Waals surface area (Å²) in [6.45, 7) is 5.70. The third-order valence-electron chi connectivity index (χ3n) is 5.37. The number of carbonyl (C=O) groups is 1. The summed E-state index contributed by atoms with van der Waals surface area (Å²) in [6.07, 6.45) is 3.55. The van der Waals surface area contributed by atoms with Crippen molar-refractivity contribution in [2.75, 3.05) is 43.5 Å². The van der Waals surface area contributed by atoms with Crippen LogP contribution in [0.2, 0.25) is 0 Å². The zero-order valence-corrected chi connectivity index (χ0v) is 17.3. The van der Waals surface area contributed by atoms with Crippen molar-refractivity contribution in [3.63, 3.8) is 0 Å². The number of amides is 1. The summed E-state index contributed by atoms with van der Waals surface area (Å²) in [7, 11) is 1.67. The largest absolute Gasteiger partial charge is 0.495 e. The molecule has 0 bridgehead atoms. The van der Waals surface area contributed by atoms with Crippen LogP contribution in [0.1, 0.15) is 15.9 Å². The molecule has 0 saturated carbocycles. The highest BCUT2D eigenvalue weighted by molar-refractivity contribution is 6.05. The van der Waals surface area contributed by atoms with Crippen LogP contribution in [0.25, 0.3) is 11.1 Å². The fourth-order valence-corrected chi connectivity index (χ4v) is 3.78. The molecule has 6 heteroatoms. The van der Waals surface area contributed by atoms with Crippen LogP contribution < -0.4 is 20.3 Å². The number of hydrogen-bond donors (Lipinski definition) is 2. The molecule has 1 fully saturated rings. The Kier molecular flexibility index (Phi) is 5.95. The number of hydrogen-bond acceptors (Lipinski definition) is 5. The number of carbonyl (C=O) groups excluding carboxylic acids is 1. The lowest BCUT2D eigenvalue weighted by Crippen LogP contribution is -2.43. The molecule has 2 aromatic carbocycles. The second kappa shape index (κ2) is 8.97. The lowest BCUT2D eigenvalue weighted by atomic mass is 9.99. The number of ether oxygens (including phenoxy) is 1. The van der Waals surface area contributed by atoms with Gasteiger partial charge in [-0.25, -0.2) is 0 Å². The van der Waals surface area contributed by atoms with Crippen molar-refractivity contribution in [1.82, 2.24) is 10.3 Å². The minimum absolute atomic E-state index is 0.129. The molecule has 1 saturated heterocycles. The Morgan fingerprint density at radius 3 is 2.53 bits per heavy atom. The first-order chi connectivity index (χ1) is 14.7. The monoisotopic (exact) mass is 402 g/mol. The Bertz CT molecular complexity index is 1030. The molecule has 2 heterocycles. The molecule has 154 valence electrons. The summed E-state index contributed by atoms with van der Waals surface area (Å²) in [5.41, 5.74) is 5.62. The second-order valence-corrected chi connectivity index (χ2v) is 7.34. The van der Waals surface area contributed by atoms with Crippen LogP contribution >= 0.6 is 0 Å². The predicted octanol–water partition coefficient (Wildman–Crippen LogP) is 3.73. The quantitative estimate of drug-likeness (QED) is 0.681. The van der Waals surface area contributed by atoms with Crippen molar-refractivity contribution in [3.8, 4) is 16.9 Å². The van der Waals surface area contributed by atoms with Gasteiger partial charge in [0.1, 0.15) is 5.75 Å². The van der Waals surface area contributed by atoms with Crippen molar-refractivity contribution in [2.24, 2.45) is 0 Å². The molecule has 0 unspecified atom stereocenters. The number of rotatable bonds is 5. The second-order valence-electron chi connectivity index (χ2n) is 7.34. The van der Waals surface area contributed by atoms with Crippen LogP contribution in [0.5, 0.6) is 5.75 Å². The maximum absolute atomic E-state index is 12.9. The van der Waals surface area contributed by atoms with Crippen LogP contribution in [0.3, 0.4) is 0 Å². The molecular weight excluding hydrogens is 376 g/mol. The number of pyridine rings is 1. The fraction of sp³-hybridized carbons (Fsp3) is 0.250. The van der Waals surface area contributed by atoms with Crippen molar-refractivity contribution >= 4 is 17.3 Å². The minimum atomic E-state index is -0.129. The van der Waals surface area contributed by atoms with E-state index in [1.807, 2.05) is 55.5 Å². The Balaban J connectivity index is 1.54. The summed E-state index contributed by atoms with van der Waals surface area (Å²) in [4.78, 5) is 19.2. The van der Waals surface area contributed by atoms with Gasteiger partial charge in [-0.05, 0) is 66.1 Å². The highest BCUT2D eigenvalue weighted by atomic mass is 16.5. The maximum atomic E-state index is 12.9. The van der Waals surface area contributed by atoms with Gasteiger partial charge in [0.15, 0.2) is 0 Å².